The van der Waals surface area contributed by atoms with Crippen LogP contribution in [0.2, 0.25) is 0 Å². The topological polar surface area (TPSA) is 85.6 Å². The average molecular weight is 391 g/mol. The monoisotopic (exact) mass is 390 g/mol. The third-order valence-electron chi connectivity index (χ3n) is 3.41. The molecule has 1 amide bonds. The zero-order valence-corrected chi connectivity index (χ0v) is 14.2. The molecular weight excluding hydrogens is 380 g/mol. The molecule has 4 rings (SSSR count). The molecule has 0 unspecified atom stereocenters. The van der Waals surface area contributed by atoms with E-state index in [0.717, 1.165) is 28.0 Å². The number of benzene rings is 1. The van der Waals surface area contributed by atoms with Gasteiger partial charge < -0.3 is 0 Å². The first-order chi connectivity index (χ1) is 11.2. The molecule has 3 aromatic rings. The molecule has 1 aliphatic carbocycles. The predicted octanol–water partition coefficient (Wildman–Crippen LogP) is 3.01. The number of nitrogens with one attached hydrogen (secondary N) is 1. The summed E-state index contributed by atoms with van der Waals surface area (Å²) in [6.07, 6.45) is 3.89. The van der Waals surface area contributed by atoms with E-state index >= 15 is 0 Å². The van der Waals surface area contributed by atoms with Crippen molar-refractivity contribution in [3.63, 3.8) is 0 Å². The highest BCUT2D eigenvalue weighted by atomic mass is 79.9. The van der Waals surface area contributed by atoms with Crippen molar-refractivity contribution in [1.29, 1.82) is 0 Å². The van der Waals surface area contributed by atoms with Crippen LogP contribution in [0.25, 0.3) is 5.69 Å². The largest absolute Gasteiger partial charge is 0.295 e. The molecule has 9 heteroatoms. The van der Waals surface area contributed by atoms with Gasteiger partial charge in [0.25, 0.3) is 5.91 Å². The van der Waals surface area contributed by atoms with Gasteiger partial charge in [-0.25, -0.2) is 4.68 Å². The minimum absolute atomic E-state index is 0.226. The van der Waals surface area contributed by atoms with Gasteiger partial charge in [0, 0.05) is 10.4 Å². The lowest BCUT2D eigenvalue weighted by Crippen LogP contribution is -2.12. The van der Waals surface area contributed by atoms with Gasteiger partial charge in [0.15, 0.2) is 5.69 Å². The van der Waals surface area contributed by atoms with Crippen molar-refractivity contribution in [2.75, 3.05) is 5.32 Å². The molecular formula is C14H11BrN6OS. The smallest absolute Gasteiger partial charge is 0.279 e. The number of aromatic nitrogens is 5. The second kappa shape index (κ2) is 5.82. The molecule has 2 heterocycles. The van der Waals surface area contributed by atoms with E-state index in [1.54, 1.807) is 10.9 Å². The fourth-order valence-electron chi connectivity index (χ4n) is 2.06. The van der Waals surface area contributed by atoms with Gasteiger partial charge >= 0.3 is 0 Å². The average Bonchev–Trinajstić information content (AvgIpc) is 3.09. The summed E-state index contributed by atoms with van der Waals surface area (Å²) in [4.78, 5) is 12.2. The fraction of sp³-hybridized carbons (Fsp3) is 0.214. The zero-order chi connectivity index (χ0) is 15.8. The van der Waals surface area contributed by atoms with Gasteiger partial charge in [-0.05, 0) is 40.9 Å². The van der Waals surface area contributed by atoms with Crippen molar-refractivity contribution in [3.8, 4) is 5.69 Å². The number of halogens is 1. The highest BCUT2D eigenvalue weighted by Crippen LogP contribution is 2.42. The number of carbonyl (C=O) groups is 1. The molecule has 116 valence electrons. The van der Waals surface area contributed by atoms with Crippen LogP contribution in [0.5, 0.6) is 0 Å². The lowest BCUT2D eigenvalue weighted by molar-refractivity contribution is 0.102. The van der Waals surface area contributed by atoms with E-state index in [2.05, 4.69) is 41.8 Å². The quantitative estimate of drug-likeness (QED) is 0.739. The Morgan fingerprint density at radius 1 is 1.26 bits per heavy atom. The van der Waals surface area contributed by atoms with Crippen LogP contribution < -0.4 is 5.32 Å². The van der Waals surface area contributed by atoms with Gasteiger partial charge in [-0.2, -0.15) is 0 Å². The predicted molar refractivity (Wildman–Crippen MR) is 88.9 cm³/mol. The van der Waals surface area contributed by atoms with Crippen LogP contribution in [-0.2, 0) is 0 Å². The Morgan fingerprint density at radius 2 is 2.09 bits per heavy atom. The van der Waals surface area contributed by atoms with Gasteiger partial charge in [0.05, 0.1) is 11.9 Å². The van der Waals surface area contributed by atoms with Crippen LogP contribution in [0.1, 0.15) is 34.3 Å². The van der Waals surface area contributed by atoms with Gasteiger partial charge in [-0.1, -0.05) is 28.7 Å². The first kappa shape index (κ1) is 14.5. The van der Waals surface area contributed by atoms with Crippen LogP contribution in [-0.4, -0.2) is 31.1 Å². The van der Waals surface area contributed by atoms with Crippen LogP contribution >= 0.6 is 27.3 Å². The molecule has 23 heavy (non-hydrogen) atoms. The molecule has 1 fully saturated rings. The normalized spacial score (nSPS) is 14.0. The van der Waals surface area contributed by atoms with Crippen molar-refractivity contribution in [2.24, 2.45) is 0 Å². The van der Waals surface area contributed by atoms with Crippen LogP contribution in [0.3, 0.4) is 0 Å². The van der Waals surface area contributed by atoms with E-state index in [9.17, 15) is 4.79 Å². The minimum atomic E-state index is -0.346. The number of para-hydroxylation sites is 1. The number of hydrogen-bond acceptors (Lipinski definition) is 6. The summed E-state index contributed by atoms with van der Waals surface area (Å²) in [6.45, 7) is 0. The van der Waals surface area contributed by atoms with Crippen molar-refractivity contribution in [2.45, 2.75) is 18.8 Å². The maximum absolute atomic E-state index is 12.2. The molecule has 1 aliphatic rings. The molecule has 0 bridgehead atoms. The van der Waals surface area contributed by atoms with E-state index in [1.807, 2.05) is 24.3 Å². The maximum Gasteiger partial charge on any atom is 0.279 e. The second-order valence-electron chi connectivity index (χ2n) is 5.17. The summed E-state index contributed by atoms with van der Waals surface area (Å²) in [5.74, 6) is 0.177. The number of hydrogen-bond donors (Lipinski definition) is 1. The summed E-state index contributed by atoms with van der Waals surface area (Å²) in [5.41, 5.74) is 1.04. The Morgan fingerprint density at radius 3 is 2.87 bits per heavy atom. The fourth-order valence-corrected chi connectivity index (χ4v) is 3.44. The van der Waals surface area contributed by atoms with Crippen LogP contribution in [0, 0.1) is 0 Å². The molecule has 1 saturated carbocycles. The van der Waals surface area contributed by atoms with Gasteiger partial charge in [-0.3, -0.25) is 10.1 Å². The number of carbonyl (C=O) groups excluding carboxylic acids is 1. The molecule has 0 atom stereocenters. The number of anilines is 1. The van der Waals surface area contributed by atoms with E-state index in [0.29, 0.717) is 11.0 Å². The van der Waals surface area contributed by atoms with E-state index < -0.39 is 0 Å². The Hall–Kier alpha value is -2.13. The lowest BCUT2D eigenvalue weighted by Gasteiger charge is -2.01. The third-order valence-corrected chi connectivity index (χ3v) is 5.08. The zero-order valence-electron chi connectivity index (χ0n) is 11.8. The van der Waals surface area contributed by atoms with Gasteiger partial charge in [-0.15, -0.1) is 15.3 Å². The molecule has 2 aromatic heterocycles. The summed E-state index contributed by atoms with van der Waals surface area (Å²) in [6, 6.07) is 7.58. The summed E-state index contributed by atoms with van der Waals surface area (Å²) in [7, 11) is 0. The number of rotatable bonds is 4. The Balaban J connectivity index is 1.51. The highest BCUT2D eigenvalue weighted by molar-refractivity contribution is 9.10. The first-order valence-electron chi connectivity index (χ1n) is 7.03. The van der Waals surface area contributed by atoms with Gasteiger partial charge in [0.1, 0.15) is 5.01 Å². The van der Waals surface area contributed by atoms with Crippen molar-refractivity contribution in [3.05, 3.63) is 45.6 Å². The Kier molecular flexibility index (Phi) is 3.66. The molecule has 0 saturated heterocycles. The third kappa shape index (κ3) is 3.02. The standard InChI is InChI=1S/C14H11BrN6OS/c15-9-3-1-2-4-11(9)21-7-10(17-20-21)12(22)16-14-19-18-13(23-14)8-5-6-8/h1-4,7-8H,5-6H2,(H,16,19,22). The highest BCUT2D eigenvalue weighted by Gasteiger charge is 2.28. The molecule has 1 aromatic carbocycles. The van der Waals surface area contributed by atoms with E-state index in [-0.39, 0.29) is 11.6 Å². The Bertz CT molecular complexity index is 872. The van der Waals surface area contributed by atoms with Gasteiger partial charge in [0.2, 0.25) is 5.13 Å². The van der Waals surface area contributed by atoms with Crippen molar-refractivity contribution in [1.82, 2.24) is 25.2 Å². The SMILES string of the molecule is O=C(Nc1nnc(C2CC2)s1)c1cn(-c2ccccc2Br)nn1. The number of nitrogens with zero attached hydrogens (tertiary/aromatic N) is 5. The molecule has 0 radical (unpaired) electrons. The summed E-state index contributed by atoms with van der Waals surface area (Å²) < 4.78 is 2.42. The molecule has 1 N–H and O–H groups in total. The van der Waals surface area contributed by atoms with Crippen LogP contribution in [0.4, 0.5) is 5.13 Å². The molecule has 7 nitrogen and oxygen atoms in total. The lowest BCUT2D eigenvalue weighted by atomic mass is 10.3. The minimum Gasteiger partial charge on any atom is -0.295 e. The molecule has 0 spiro atoms. The van der Waals surface area contributed by atoms with E-state index in [1.165, 1.54) is 11.3 Å². The van der Waals surface area contributed by atoms with Crippen LogP contribution in [0.15, 0.2) is 34.9 Å². The maximum atomic E-state index is 12.2. The summed E-state index contributed by atoms with van der Waals surface area (Å²) in [5, 5.41) is 20.2. The summed E-state index contributed by atoms with van der Waals surface area (Å²) >= 11 is 4.86. The van der Waals surface area contributed by atoms with Crippen molar-refractivity contribution >= 4 is 38.3 Å². The molecule has 0 aliphatic heterocycles. The van der Waals surface area contributed by atoms with Crippen molar-refractivity contribution < 1.29 is 4.79 Å². The first-order valence-corrected chi connectivity index (χ1v) is 8.63. The van der Waals surface area contributed by atoms with E-state index in [4.69, 9.17) is 0 Å². The number of amides is 1. The Labute approximate surface area is 143 Å². The second-order valence-corrected chi connectivity index (χ2v) is 7.04.